The molecule has 6 nitrogen and oxygen atoms in total. The van der Waals surface area contributed by atoms with Gasteiger partial charge in [-0.1, -0.05) is 30.3 Å². The monoisotopic (exact) mass is 353 g/mol. The fourth-order valence-corrected chi connectivity index (χ4v) is 2.51. The number of nitrogens with zero attached hydrogens (tertiary/aromatic N) is 2. The van der Waals surface area contributed by atoms with Gasteiger partial charge in [-0.05, 0) is 17.9 Å². The summed E-state index contributed by atoms with van der Waals surface area (Å²) in [7, 11) is 3.07. The van der Waals surface area contributed by atoms with E-state index >= 15 is 0 Å². The van der Waals surface area contributed by atoms with E-state index in [9.17, 15) is 4.79 Å². The molecule has 0 unspecified atom stereocenters. The van der Waals surface area contributed by atoms with Crippen molar-refractivity contribution in [3.05, 3.63) is 35.1 Å². The summed E-state index contributed by atoms with van der Waals surface area (Å²) in [5.74, 6) is 1.47. The van der Waals surface area contributed by atoms with Crippen LogP contribution in [0, 0.1) is 0 Å². The first-order chi connectivity index (χ1) is 11.1. The maximum absolute atomic E-state index is 12.4. The highest BCUT2D eigenvalue weighted by atomic mass is 35.5. The minimum absolute atomic E-state index is 0.121. The molecule has 0 atom stereocenters. The van der Waals surface area contributed by atoms with Crippen molar-refractivity contribution in [1.82, 2.24) is 9.97 Å². The van der Waals surface area contributed by atoms with Gasteiger partial charge in [0.05, 0.1) is 31.1 Å². The summed E-state index contributed by atoms with van der Waals surface area (Å²) in [5, 5.41) is 3.43. The van der Waals surface area contributed by atoms with Crippen LogP contribution in [0.3, 0.4) is 0 Å². The lowest BCUT2D eigenvalue weighted by Crippen LogP contribution is -2.15. The molecule has 2 aromatic rings. The van der Waals surface area contributed by atoms with Crippen LogP contribution in [0.25, 0.3) is 0 Å². The summed E-state index contributed by atoms with van der Waals surface area (Å²) in [6.07, 6.45) is 1.42. The van der Waals surface area contributed by atoms with Crippen LogP contribution < -0.4 is 14.8 Å². The molecule has 0 spiro atoms. The zero-order chi connectivity index (χ0) is 16.8. The fraction of sp³-hybridized carbons (Fsp3) is 0.267. The molecule has 0 aliphatic rings. The maximum atomic E-state index is 12.4. The smallest absolute Gasteiger partial charge is 0.276 e. The molecular weight excluding hydrogens is 338 g/mol. The summed E-state index contributed by atoms with van der Waals surface area (Å²) in [6, 6.07) is 5.08. The second kappa shape index (κ2) is 8.03. The Balaban J connectivity index is 2.27. The average molecular weight is 354 g/mol. The van der Waals surface area contributed by atoms with Gasteiger partial charge in [-0.3, -0.25) is 4.79 Å². The number of hydrogen-bond donors (Lipinski definition) is 1. The second-order valence-electron chi connectivity index (χ2n) is 4.30. The van der Waals surface area contributed by atoms with Crippen LogP contribution in [0.15, 0.2) is 29.6 Å². The van der Waals surface area contributed by atoms with Crippen molar-refractivity contribution in [2.45, 2.75) is 12.1 Å². The van der Waals surface area contributed by atoms with E-state index in [-0.39, 0.29) is 10.7 Å². The van der Waals surface area contributed by atoms with Gasteiger partial charge in [0.2, 0.25) is 0 Å². The third-order valence-electron chi connectivity index (χ3n) is 2.87. The number of benzene rings is 1. The Hall–Kier alpha value is -1.99. The highest BCUT2D eigenvalue weighted by molar-refractivity contribution is 7.99. The van der Waals surface area contributed by atoms with E-state index in [1.54, 1.807) is 25.3 Å². The molecule has 0 bridgehead atoms. The molecule has 0 saturated carbocycles. The van der Waals surface area contributed by atoms with E-state index in [0.717, 1.165) is 5.75 Å². The number of carbonyl (C=O) groups is 1. The Morgan fingerprint density at radius 1 is 1.35 bits per heavy atom. The molecule has 0 radical (unpaired) electrons. The molecule has 1 heterocycles. The van der Waals surface area contributed by atoms with Crippen molar-refractivity contribution in [3.8, 4) is 11.5 Å². The van der Waals surface area contributed by atoms with E-state index < -0.39 is 5.91 Å². The van der Waals surface area contributed by atoms with Crippen molar-refractivity contribution in [2.75, 3.05) is 25.3 Å². The lowest BCUT2D eigenvalue weighted by molar-refractivity contribution is 0.102. The van der Waals surface area contributed by atoms with Crippen LogP contribution in [-0.2, 0) is 0 Å². The van der Waals surface area contributed by atoms with E-state index in [1.807, 2.05) is 6.92 Å². The zero-order valence-corrected chi connectivity index (χ0v) is 14.5. The molecule has 8 heteroatoms. The number of aromatic nitrogens is 2. The number of rotatable bonds is 6. The van der Waals surface area contributed by atoms with Crippen LogP contribution in [-0.4, -0.2) is 35.8 Å². The highest BCUT2D eigenvalue weighted by Gasteiger charge is 2.16. The fourth-order valence-electron chi connectivity index (χ4n) is 1.79. The van der Waals surface area contributed by atoms with Crippen molar-refractivity contribution in [1.29, 1.82) is 0 Å². The van der Waals surface area contributed by atoms with Crippen molar-refractivity contribution < 1.29 is 14.3 Å². The molecule has 2 rings (SSSR count). The Morgan fingerprint density at radius 2 is 2.13 bits per heavy atom. The minimum atomic E-state index is -0.432. The zero-order valence-electron chi connectivity index (χ0n) is 12.9. The molecule has 0 fully saturated rings. The molecule has 1 amide bonds. The molecule has 0 saturated heterocycles. The molecule has 0 aliphatic carbocycles. The van der Waals surface area contributed by atoms with Crippen LogP contribution in [0.5, 0.6) is 11.5 Å². The summed E-state index contributed by atoms with van der Waals surface area (Å²) < 4.78 is 10.4. The van der Waals surface area contributed by atoms with E-state index in [4.69, 9.17) is 21.1 Å². The summed E-state index contributed by atoms with van der Waals surface area (Å²) in [6.45, 7) is 1.98. The highest BCUT2D eigenvalue weighted by Crippen LogP contribution is 2.29. The average Bonchev–Trinajstić information content (AvgIpc) is 2.57. The van der Waals surface area contributed by atoms with Gasteiger partial charge >= 0.3 is 0 Å². The number of amides is 1. The van der Waals surface area contributed by atoms with Crippen LogP contribution in [0.4, 0.5) is 5.69 Å². The standard InChI is InChI=1S/C15H16ClN3O3S/c1-4-23-15-17-8-10(16)13(19-15)14(20)18-11-6-5-9(21-2)7-12(11)22-3/h5-8H,4H2,1-3H3,(H,18,20). The number of nitrogens with one attached hydrogen (secondary N) is 1. The number of carbonyl (C=O) groups excluding carboxylic acids is 1. The predicted octanol–water partition coefficient (Wildman–Crippen LogP) is 3.51. The maximum Gasteiger partial charge on any atom is 0.276 e. The Kier molecular flexibility index (Phi) is 6.06. The first-order valence-corrected chi connectivity index (χ1v) is 8.14. The van der Waals surface area contributed by atoms with Crippen LogP contribution in [0.1, 0.15) is 17.4 Å². The number of methoxy groups -OCH3 is 2. The molecule has 0 aliphatic heterocycles. The Morgan fingerprint density at radius 3 is 2.78 bits per heavy atom. The largest absolute Gasteiger partial charge is 0.497 e. The van der Waals surface area contributed by atoms with Gasteiger partial charge in [-0.25, -0.2) is 9.97 Å². The molecule has 1 aromatic heterocycles. The van der Waals surface area contributed by atoms with Gasteiger partial charge in [-0.2, -0.15) is 0 Å². The number of hydrogen-bond acceptors (Lipinski definition) is 6. The molecule has 122 valence electrons. The summed E-state index contributed by atoms with van der Waals surface area (Å²) in [4.78, 5) is 20.7. The van der Waals surface area contributed by atoms with Gasteiger partial charge in [0.1, 0.15) is 11.5 Å². The first kappa shape index (κ1) is 17.4. The predicted molar refractivity (Wildman–Crippen MR) is 90.9 cm³/mol. The molecule has 1 aromatic carbocycles. The van der Waals surface area contributed by atoms with Gasteiger partial charge in [0, 0.05) is 6.07 Å². The Bertz CT molecular complexity index is 712. The number of anilines is 1. The molecule has 1 N–H and O–H groups in total. The third-order valence-corrected chi connectivity index (χ3v) is 3.89. The van der Waals surface area contributed by atoms with Crippen LogP contribution >= 0.6 is 23.4 Å². The number of ether oxygens (including phenoxy) is 2. The van der Waals surface area contributed by atoms with Gasteiger partial charge in [0.25, 0.3) is 5.91 Å². The van der Waals surface area contributed by atoms with Gasteiger partial charge < -0.3 is 14.8 Å². The van der Waals surface area contributed by atoms with Gasteiger partial charge in [0.15, 0.2) is 10.9 Å². The minimum Gasteiger partial charge on any atom is -0.497 e. The topological polar surface area (TPSA) is 73.3 Å². The summed E-state index contributed by atoms with van der Waals surface area (Å²) in [5.41, 5.74) is 0.619. The molecular formula is C15H16ClN3O3S. The first-order valence-electron chi connectivity index (χ1n) is 6.77. The quantitative estimate of drug-likeness (QED) is 0.632. The second-order valence-corrected chi connectivity index (χ2v) is 5.94. The molecule has 23 heavy (non-hydrogen) atoms. The van der Waals surface area contributed by atoms with Crippen molar-refractivity contribution >= 4 is 35.0 Å². The van der Waals surface area contributed by atoms with E-state index in [2.05, 4.69) is 15.3 Å². The van der Waals surface area contributed by atoms with Crippen molar-refractivity contribution in [3.63, 3.8) is 0 Å². The lowest BCUT2D eigenvalue weighted by atomic mass is 10.2. The van der Waals surface area contributed by atoms with E-state index in [1.165, 1.54) is 25.1 Å². The number of halogens is 1. The third kappa shape index (κ3) is 4.27. The van der Waals surface area contributed by atoms with E-state index in [0.29, 0.717) is 22.3 Å². The summed E-state index contributed by atoms with van der Waals surface area (Å²) >= 11 is 7.46. The van der Waals surface area contributed by atoms with Crippen LogP contribution in [0.2, 0.25) is 5.02 Å². The number of thioether (sulfide) groups is 1. The lowest BCUT2D eigenvalue weighted by Gasteiger charge is -2.12. The van der Waals surface area contributed by atoms with Gasteiger partial charge in [-0.15, -0.1) is 0 Å². The normalized spacial score (nSPS) is 10.3. The SMILES string of the molecule is CCSc1ncc(Cl)c(C(=O)Nc2ccc(OC)cc2OC)n1. The Labute approximate surface area is 143 Å². The van der Waals surface area contributed by atoms with Crippen molar-refractivity contribution in [2.24, 2.45) is 0 Å².